The van der Waals surface area contributed by atoms with Gasteiger partial charge in [-0.15, -0.1) is 0 Å². The van der Waals surface area contributed by atoms with Crippen molar-refractivity contribution < 1.29 is 0 Å². The molecule has 0 saturated heterocycles. The van der Waals surface area contributed by atoms with Crippen LogP contribution in [0.2, 0.25) is 0 Å². The number of hydrogen-bond donors (Lipinski definition) is 3. The summed E-state index contributed by atoms with van der Waals surface area (Å²) in [5.41, 5.74) is 8.08. The zero-order valence-electron chi connectivity index (χ0n) is 5.83. The van der Waals surface area contributed by atoms with Gasteiger partial charge in [0.1, 0.15) is 5.69 Å². The summed E-state index contributed by atoms with van der Waals surface area (Å²) in [6.45, 7) is 0. The van der Waals surface area contributed by atoms with Gasteiger partial charge in [-0.1, -0.05) is 0 Å². The lowest BCUT2D eigenvalue weighted by molar-refractivity contribution is 1.09. The first-order valence-electron chi connectivity index (χ1n) is 3.30. The third-order valence-corrected chi connectivity index (χ3v) is 1.54. The molecule has 2 aromatic heterocycles. The van der Waals surface area contributed by atoms with Crippen molar-refractivity contribution in [3.63, 3.8) is 0 Å². The molecule has 0 aliphatic rings. The summed E-state index contributed by atoms with van der Waals surface area (Å²) in [5, 5.41) is 6.61. The van der Waals surface area contributed by atoms with Gasteiger partial charge in [0, 0.05) is 6.20 Å². The summed E-state index contributed by atoms with van der Waals surface area (Å²) < 4.78 is 0. The van der Waals surface area contributed by atoms with E-state index in [1.807, 2.05) is 18.3 Å². The molecule has 0 fully saturated rings. The number of aromatic nitrogens is 3. The second-order valence-electron chi connectivity index (χ2n) is 2.28. The minimum Gasteiger partial charge on any atom is -0.396 e. The van der Waals surface area contributed by atoms with Crippen molar-refractivity contribution in [2.45, 2.75) is 0 Å². The number of nitrogens with zero attached hydrogens (tertiary/aromatic N) is 1. The molecule has 11 heavy (non-hydrogen) atoms. The highest BCUT2D eigenvalue weighted by Gasteiger charge is 2.02. The summed E-state index contributed by atoms with van der Waals surface area (Å²) in [7, 11) is 0. The lowest BCUT2D eigenvalue weighted by atomic mass is 10.3. The van der Waals surface area contributed by atoms with Crippen molar-refractivity contribution in [1.82, 2.24) is 15.2 Å². The molecule has 0 radical (unpaired) electrons. The van der Waals surface area contributed by atoms with E-state index in [0.717, 1.165) is 11.4 Å². The van der Waals surface area contributed by atoms with E-state index in [-0.39, 0.29) is 0 Å². The van der Waals surface area contributed by atoms with Crippen LogP contribution in [0.15, 0.2) is 24.5 Å². The highest BCUT2D eigenvalue weighted by molar-refractivity contribution is 5.68. The van der Waals surface area contributed by atoms with Gasteiger partial charge < -0.3 is 10.7 Å². The van der Waals surface area contributed by atoms with Crippen LogP contribution in [-0.2, 0) is 0 Å². The van der Waals surface area contributed by atoms with Crippen molar-refractivity contribution in [3.05, 3.63) is 24.5 Å². The number of nitrogens with two attached hydrogens (primary N) is 1. The minimum absolute atomic E-state index is 0.660. The molecule has 0 aliphatic heterocycles. The first kappa shape index (κ1) is 6.03. The Hall–Kier alpha value is -1.71. The van der Waals surface area contributed by atoms with Crippen LogP contribution in [0.3, 0.4) is 0 Å². The molecule has 0 unspecified atom stereocenters. The van der Waals surface area contributed by atoms with Gasteiger partial charge >= 0.3 is 0 Å². The summed E-state index contributed by atoms with van der Waals surface area (Å²) in [4.78, 5) is 3.03. The van der Waals surface area contributed by atoms with Gasteiger partial charge in [-0.3, -0.25) is 5.10 Å². The Labute approximate surface area is 63.4 Å². The van der Waals surface area contributed by atoms with Crippen LogP contribution in [0.1, 0.15) is 0 Å². The maximum absolute atomic E-state index is 5.62. The lowest BCUT2D eigenvalue weighted by Crippen LogP contribution is -1.85. The molecule has 0 aromatic carbocycles. The summed E-state index contributed by atoms with van der Waals surface area (Å²) >= 11 is 0. The second-order valence-corrected chi connectivity index (χ2v) is 2.28. The topological polar surface area (TPSA) is 70.5 Å². The molecular formula is C7H8N4. The van der Waals surface area contributed by atoms with Gasteiger partial charge in [0.15, 0.2) is 0 Å². The van der Waals surface area contributed by atoms with Crippen LogP contribution in [0.5, 0.6) is 0 Å². The number of nitrogen functional groups attached to an aromatic ring is 1. The van der Waals surface area contributed by atoms with E-state index in [1.165, 1.54) is 0 Å². The molecule has 2 heterocycles. The molecule has 56 valence electrons. The predicted octanol–water partition coefficient (Wildman–Crippen LogP) is 0.987. The first-order chi connectivity index (χ1) is 5.38. The van der Waals surface area contributed by atoms with Gasteiger partial charge in [-0.2, -0.15) is 5.10 Å². The Morgan fingerprint density at radius 1 is 1.45 bits per heavy atom. The largest absolute Gasteiger partial charge is 0.396 e. The third-order valence-electron chi connectivity index (χ3n) is 1.54. The molecule has 0 amide bonds. The minimum atomic E-state index is 0.660. The standard InChI is InChI=1S/C7H8N4/c8-5-4-10-11-7(5)6-2-1-3-9-6/h1-4,9H,8H2,(H,10,11). The quantitative estimate of drug-likeness (QED) is 0.564. The second kappa shape index (κ2) is 2.16. The van der Waals surface area contributed by atoms with Crippen molar-refractivity contribution in [2.24, 2.45) is 0 Å². The molecule has 2 rings (SSSR count). The van der Waals surface area contributed by atoms with Crippen molar-refractivity contribution in [3.8, 4) is 11.4 Å². The molecule has 4 nitrogen and oxygen atoms in total. The fourth-order valence-corrected chi connectivity index (χ4v) is 0.997. The number of hydrogen-bond acceptors (Lipinski definition) is 2. The third kappa shape index (κ3) is 0.881. The van der Waals surface area contributed by atoms with E-state index in [9.17, 15) is 0 Å². The van der Waals surface area contributed by atoms with Gasteiger partial charge in [0.25, 0.3) is 0 Å². The van der Waals surface area contributed by atoms with Crippen LogP contribution in [0.4, 0.5) is 5.69 Å². The first-order valence-corrected chi connectivity index (χ1v) is 3.30. The number of nitrogens with one attached hydrogen (secondary N) is 2. The van der Waals surface area contributed by atoms with E-state index in [4.69, 9.17) is 5.73 Å². The molecule has 0 aliphatic carbocycles. The van der Waals surface area contributed by atoms with E-state index in [0.29, 0.717) is 5.69 Å². The number of rotatable bonds is 1. The van der Waals surface area contributed by atoms with Crippen LogP contribution in [0.25, 0.3) is 11.4 Å². The molecular weight excluding hydrogens is 140 g/mol. The summed E-state index contributed by atoms with van der Waals surface area (Å²) in [5.74, 6) is 0. The maximum atomic E-state index is 5.62. The molecule has 0 atom stereocenters. The van der Waals surface area contributed by atoms with Crippen LogP contribution >= 0.6 is 0 Å². The van der Waals surface area contributed by atoms with Crippen molar-refractivity contribution in [2.75, 3.05) is 5.73 Å². The van der Waals surface area contributed by atoms with Crippen molar-refractivity contribution in [1.29, 1.82) is 0 Å². The lowest BCUT2D eigenvalue weighted by Gasteiger charge is -1.92. The van der Waals surface area contributed by atoms with Gasteiger partial charge in [0.2, 0.25) is 0 Å². The SMILES string of the molecule is Nc1cn[nH]c1-c1ccc[nH]1. The molecule has 2 aromatic rings. The van der Waals surface area contributed by atoms with Gasteiger partial charge in [-0.25, -0.2) is 0 Å². The highest BCUT2D eigenvalue weighted by atomic mass is 15.1. The van der Waals surface area contributed by atoms with E-state index >= 15 is 0 Å². The van der Waals surface area contributed by atoms with Crippen LogP contribution < -0.4 is 5.73 Å². The van der Waals surface area contributed by atoms with Gasteiger partial charge in [0.05, 0.1) is 17.6 Å². The fourth-order valence-electron chi connectivity index (χ4n) is 0.997. The Bertz CT molecular complexity index is 333. The summed E-state index contributed by atoms with van der Waals surface area (Å²) in [6.07, 6.45) is 3.44. The summed E-state index contributed by atoms with van der Waals surface area (Å²) in [6, 6.07) is 3.85. The number of anilines is 1. The average molecular weight is 148 g/mol. The monoisotopic (exact) mass is 148 g/mol. The predicted molar refractivity (Wildman–Crippen MR) is 42.8 cm³/mol. The number of H-pyrrole nitrogens is 2. The highest BCUT2D eigenvalue weighted by Crippen LogP contribution is 2.19. The maximum Gasteiger partial charge on any atom is 0.104 e. The normalized spacial score (nSPS) is 10.2. The van der Waals surface area contributed by atoms with E-state index < -0.39 is 0 Å². The van der Waals surface area contributed by atoms with Gasteiger partial charge in [-0.05, 0) is 12.1 Å². The molecule has 4 N–H and O–H groups in total. The molecule has 0 saturated carbocycles. The average Bonchev–Trinajstić information content (AvgIpc) is 2.55. The smallest absolute Gasteiger partial charge is 0.104 e. The molecule has 0 spiro atoms. The number of aromatic amines is 2. The van der Waals surface area contributed by atoms with Crippen LogP contribution in [0, 0.1) is 0 Å². The zero-order chi connectivity index (χ0) is 7.68. The molecule has 0 bridgehead atoms. The Balaban J connectivity index is 2.53. The van der Waals surface area contributed by atoms with E-state index in [2.05, 4.69) is 15.2 Å². The van der Waals surface area contributed by atoms with Crippen LogP contribution in [-0.4, -0.2) is 15.2 Å². The Morgan fingerprint density at radius 3 is 2.91 bits per heavy atom. The Morgan fingerprint density at radius 2 is 2.36 bits per heavy atom. The zero-order valence-corrected chi connectivity index (χ0v) is 5.83. The van der Waals surface area contributed by atoms with E-state index in [1.54, 1.807) is 6.20 Å². The molecule has 4 heteroatoms. The van der Waals surface area contributed by atoms with Crippen molar-refractivity contribution >= 4 is 5.69 Å². The Kier molecular flexibility index (Phi) is 1.18. The fraction of sp³-hybridized carbons (Fsp3) is 0.